The number of aryl methyl sites for hydroxylation is 1. The highest BCUT2D eigenvalue weighted by Gasteiger charge is 2.10. The maximum Gasteiger partial charge on any atom is 0.183 e. The molecule has 0 aliphatic carbocycles. The molecule has 0 aliphatic heterocycles. The van der Waals surface area contributed by atoms with Crippen LogP contribution in [0.2, 0.25) is 0 Å². The van der Waals surface area contributed by atoms with E-state index in [1.165, 1.54) is 6.33 Å². The van der Waals surface area contributed by atoms with Crippen LogP contribution in [-0.4, -0.2) is 32.1 Å². The highest BCUT2D eigenvalue weighted by atomic mass is 16.5. The maximum atomic E-state index is 5.22. The van der Waals surface area contributed by atoms with Crippen LogP contribution in [0.25, 0.3) is 11.2 Å². The molecule has 3 aromatic rings. The van der Waals surface area contributed by atoms with Crippen molar-refractivity contribution < 1.29 is 4.74 Å². The lowest BCUT2D eigenvalue weighted by Crippen LogP contribution is -2.03. The minimum absolute atomic E-state index is 0.627. The molecule has 7 heteroatoms. The third-order valence-corrected chi connectivity index (χ3v) is 3.19. The molecule has 1 N–H and O–H groups in total. The van der Waals surface area contributed by atoms with Gasteiger partial charge in [-0.15, -0.1) is 5.10 Å². The predicted octanol–water partition coefficient (Wildman–Crippen LogP) is 1.86. The van der Waals surface area contributed by atoms with Gasteiger partial charge in [-0.2, -0.15) is 0 Å². The van der Waals surface area contributed by atoms with E-state index < -0.39 is 0 Å². The number of aromatic nitrogens is 5. The zero-order chi connectivity index (χ0) is 14.7. The monoisotopic (exact) mass is 284 g/mol. The molecule has 0 bridgehead atoms. The van der Waals surface area contributed by atoms with Crippen molar-refractivity contribution in [1.82, 2.24) is 25.0 Å². The van der Waals surface area contributed by atoms with Crippen LogP contribution >= 0.6 is 0 Å². The fourth-order valence-electron chi connectivity index (χ4n) is 2.10. The zero-order valence-corrected chi connectivity index (χ0v) is 11.9. The molecule has 0 saturated carbocycles. The number of methoxy groups -OCH3 is 1. The molecule has 0 aliphatic rings. The molecule has 2 heterocycles. The summed E-state index contributed by atoms with van der Waals surface area (Å²) in [6.07, 6.45) is 1.52. The summed E-state index contributed by atoms with van der Waals surface area (Å²) in [5.74, 6) is 1.52. The van der Waals surface area contributed by atoms with Gasteiger partial charge in [0.25, 0.3) is 0 Å². The summed E-state index contributed by atoms with van der Waals surface area (Å²) in [6, 6.07) is 7.88. The first-order chi connectivity index (χ1) is 10.3. The fourth-order valence-corrected chi connectivity index (χ4v) is 2.10. The van der Waals surface area contributed by atoms with Crippen LogP contribution in [0.3, 0.4) is 0 Å². The second-order valence-electron chi connectivity index (χ2n) is 4.50. The van der Waals surface area contributed by atoms with Crippen LogP contribution in [0, 0.1) is 0 Å². The van der Waals surface area contributed by atoms with Gasteiger partial charge in [-0.25, -0.2) is 14.6 Å². The molecule has 3 rings (SSSR count). The highest BCUT2D eigenvalue weighted by molar-refractivity contribution is 5.81. The van der Waals surface area contributed by atoms with Crippen LogP contribution in [0.15, 0.2) is 30.6 Å². The van der Waals surface area contributed by atoms with Gasteiger partial charge in [-0.1, -0.05) is 17.3 Å². The van der Waals surface area contributed by atoms with Crippen LogP contribution < -0.4 is 10.1 Å². The smallest absolute Gasteiger partial charge is 0.183 e. The molecule has 0 radical (unpaired) electrons. The van der Waals surface area contributed by atoms with E-state index in [2.05, 4.69) is 25.6 Å². The molecule has 0 saturated heterocycles. The summed E-state index contributed by atoms with van der Waals surface area (Å²) in [7, 11) is 1.66. The van der Waals surface area contributed by atoms with Gasteiger partial charge in [0.05, 0.1) is 7.11 Å². The first-order valence-electron chi connectivity index (χ1n) is 6.73. The maximum absolute atomic E-state index is 5.22. The Morgan fingerprint density at radius 2 is 2.19 bits per heavy atom. The molecule has 7 nitrogen and oxygen atoms in total. The van der Waals surface area contributed by atoms with Crippen molar-refractivity contribution >= 4 is 17.0 Å². The van der Waals surface area contributed by atoms with Crippen LogP contribution in [-0.2, 0) is 13.1 Å². The second kappa shape index (κ2) is 5.74. The van der Waals surface area contributed by atoms with Crippen molar-refractivity contribution in [2.24, 2.45) is 0 Å². The summed E-state index contributed by atoms with van der Waals surface area (Å²) >= 11 is 0. The van der Waals surface area contributed by atoms with E-state index in [1.807, 2.05) is 31.2 Å². The molecule has 21 heavy (non-hydrogen) atoms. The van der Waals surface area contributed by atoms with Gasteiger partial charge >= 0.3 is 0 Å². The summed E-state index contributed by atoms with van der Waals surface area (Å²) in [5.41, 5.74) is 2.52. The lowest BCUT2D eigenvalue weighted by atomic mass is 10.2. The quantitative estimate of drug-likeness (QED) is 0.770. The average molecular weight is 284 g/mol. The molecule has 1 aromatic carbocycles. The van der Waals surface area contributed by atoms with E-state index in [0.29, 0.717) is 17.9 Å². The molecular formula is C14H16N6O. The Kier molecular flexibility index (Phi) is 3.63. The molecule has 0 fully saturated rings. The van der Waals surface area contributed by atoms with Crippen LogP contribution in [0.5, 0.6) is 5.75 Å². The number of hydrogen-bond donors (Lipinski definition) is 1. The molecule has 0 spiro atoms. The van der Waals surface area contributed by atoms with Gasteiger partial charge < -0.3 is 10.1 Å². The molecule has 108 valence electrons. The Labute approximate surface area is 122 Å². The van der Waals surface area contributed by atoms with Crippen molar-refractivity contribution in [2.45, 2.75) is 20.0 Å². The fraction of sp³-hybridized carbons (Fsp3) is 0.286. The summed E-state index contributed by atoms with van der Waals surface area (Å²) in [4.78, 5) is 8.46. The van der Waals surface area contributed by atoms with E-state index in [0.717, 1.165) is 23.5 Å². The van der Waals surface area contributed by atoms with Gasteiger partial charge in [0.1, 0.15) is 12.1 Å². The summed E-state index contributed by atoms with van der Waals surface area (Å²) in [5, 5.41) is 11.5. The number of nitrogens with zero attached hydrogens (tertiary/aromatic N) is 5. The highest BCUT2D eigenvalue weighted by Crippen LogP contribution is 2.18. The third kappa shape index (κ3) is 2.62. The van der Waals surface area contributed by atoms with Gasteiger partial charge in [0.15, 0.2) is 17.0 Å². The topological polar surface area (TPSA) is 77.8 Å². The SMILES string of the molecule is CCn1nnc2c(NCc3cccc(OC)c3)ncnc21. The molecule has 0 unspecified atom stereocenters. The Morgan fingerprint density at radius 1 is 1.29 bits per heavy atom. The number of fused-ring (bicyclic) bond motifs is 1. The molecule has 0 amide bonds. The van der Waals surface area contributed by atoms with Crippen LogP contribution in [0.1, 0.15) is 12.5 Å². The van der Waals surface area contributed by atoms with E-state index in [1.54, 1.807) is 11.8 Å². The first-order valence-corrected chi connectivity index (χ1v) is 6.73. The number of hydrogen-bond acceptors (Lipinski definition) is 6. The van der Waals surface area contributed by atoms with E-state index in [-0.39, 0.29) is 0 Å². The van der Waals surface area contributed by atoms with Gasteiger partial charge in [-0.05, 0) is 24.6 Å². The van der Waals surface area contributed by atoms with Crippen molar-refractivity contribution in [2.75, 3.05) is 12.4 Å². The standard InChI is InChI=1S/C14H16N6O/c1-3-20-14-12(18-19-20)13(16-9-17-14)15-8-10-5-4-6-11(7-10)21-2/h4-7,9H,3,8H2,1-2H3,(H,15,16,17). The van der Waals surface area contributed by atoms with Crippen molar-refractivity contribution in [1.29, 1.82) is 0 Å². The second-order valence-corrected chi connectivity index (χ2v) is 4.50. The zero-order valence-electron chi connectivity index (χ0n) is 11.9. The number of ether oxygens (including phenoxy) is 1. The minimum atomic E-state index is 0.627. The van der Waals surface area contributed by atoms with Crippen LogP contribution in [0.4, 0.5) is 5.82 Å². The number of nitrogens with one attached hydrogen (secondary N) is 1. The van der Waals surface area contributed by atoms with Gasteiger partial charge in [0.2, 0.25) is 0 Å². The number of anilines is 1. The van der Waals surface area contributed by atoms with E-state index >= 15 is 0 Å². The molecule has 2 aromatic heterocycles. The van der Waals surface area contributed by atoms with E-state index in [4.69, 9.17) is 4.74 Å². The lowest BCUT2D eigenvalue weighted by molar-refractivity contribution is 0.414. The Bertz CT molecular complexity index is 754. The van der Waals surface area contributed by atoms with Gasteiger partial charge in [-0.3, -0.25) is 0 Å². The largest absolute Gasteiger partial charge is 0.497 e. The number of rotatable bonds is 5. The summed E-state index contributed by atoms with van der Waals surface area (Å²) in [6.45, 7) is 3.35. The average Bonchev–Trinajstić information content (AvgIpc) is 2.96. The van der Waals surface area contributed by atoms with Crippen molar-refractivity contribution in [3.63, 3.8) is 0 Å². The summed E-state index contributed by atoms with van der Waals surface area (Å²) < 4.78 is 6.96. The lowest BCUT2D eigenvalue weighted by Gasteiger charge is -2.07. The predicted molar refractivity (Wildman–Crippen MR) is 79.1 cm³/mol. The first kappa shape index (κ1) is 13.3. The minimum Gasteiger partial charge on any atom is -0.497 e. The normalized spacial score (nSPS) is 10.8. The van der Waals surface area contributed by atoms with Gasteiger partial charge in [0, 0.05) is 13.1 Å². The van der Waals surface area contributed by atoms with E-state index in [9.17, 15) is 0 Å². The van der Waals surface area contributed by atoms with Crippen molar-refractivity contribution in [3.8, 4) is 5.75 Å². The third-order valence-electron chi connectivity index (χ3n) is 3.19. The molecule has 0 atom stereocenters. The van der Waals surface area contributed by atoms with Crippen molar-refractivity contribution in [3.05, 3.63) is 36.2 Å². The Balaban J connectivity index is 1.83. The number of benzene rings is 1. The molecular weight excluding hydrogens is 268 g/mol. The Morgan fingerprint density at radius 3 is 3.00 bits per heavy atom. The Hall–Kier alpha value is -2.70.